The number of para-hydroxylation sites is 1. The number of thioether (sulfide) groups is 1. The number of anilines is 1. The second-order valence-corrected chi connectivity index (χ2v) is 7.67. The summed E-state index contributed by atoms with van der Waals surface area (Å²) in [4.78, 5) is 21.7. The molecule has 5 nitrogen and oxygen atoms in total. The van der Waals surface area contributed by atoms with Crippen LogP contribution in [-0.2, 0) is 4.79 Å². The number of benzene rings is 2. The van der Waals surface area contributed by atoms with Gasteiger partial charge in [-0.15, -0.1) is 0 Å². The van der Waals surface area contributed by atoms with Crippen LogP contribution in [0.4, 0.5) is 5.69 Å². The lowest BCUT2D eigenvalue weighted by molar-refractivity contribution is -0.113. The van der Waals surface area contributed by atoms with E-state index in [4.69, 9.17) is 0 Å². The summed E-state index contributed by atoms with van der Waals surface area (Å²) in [5, 5.41) is 10.2. The second kappa shape index (κ2) is 7.48. The van der Waals surface area contributed by atoms with Gasteiger partial charge in [0.2, 0.25) is 0 Å². The number of hydrogen-bond acceptors (Lipinski definition) is 5. The molecule has 0 bridgehead atoms. The van der Waals surface area contributed by atoms with Gasteiger partial charge in [0.25, 0.3) is 5.91 Å². The SMILES string of the molecule is Cc1ccccc1N1CCN(C2=NC(=O)C(=Cc3ccc(O)cc3)S2)CC1. The quantitative estimate of drug-likeness (QED) is 0.810. The Bertz CT molecular complexity index is 913. The highest BCUT2D eigenvalue weighted by Crippen LogP contribution is 2.31. The third-order valence-corrected chi connectivity index (χ3v) is 5.85. The van der Waals surface area contributed by atoms with Crippen LogP contribution in [0.5, 0.6) is 5.75 Å². The van der Waals surface area contributed by atoms with E-state index >= 15 is 0 Å². The van der Waals surface area contributed by atoms with E-state index in [0.717, 1.165) is 36.9 Å². The molecule has 2 aromatic carbocycles. The van der Waals surface area contributed by atoms with E-state index in [-0.39, 0.29) is 11.7 Å². The minimum absolute atomic E-state index is 0.190. The van der Waals surface area contributed by atoms with E-state index in [0.29, 0.717) is 4.91 Å². The van der Waals surface area contributed by atoms with Crippen molar-refractivity contribution in [1.29, 1.82) is 0 Å². The molecule has 0 unspecified atom stereocenters. The lowest BCUT2D eigenvalue weighted by atomic mass is 10.1. The van der Waals surface area contributed by atoms with E-state index in [1.165, 1.54) is 23.0 Å². The Morgan fingerprint density at radius 3 is 2.37 bits per heavy atom. The number of hydrogen-bond donors (Lipinski definition) is 1. The van der Waals surface area contributed by atoms with Gasteiger partial charge in [-0.25, -0.2) is 0 Å². The molecule has 0 radical (unpaired) electrons. The molecule has 1 N–H and O–H groups in total. The standard InChI is InChI=1S/C21H21N3O2S/c1-15-4-2-3-5-18(15)23-10-12-24(13-11-23)21-22-20(26)19(27-21)14-16-6-8-17(25)9-7-16/h2-9,14,25H,10-13H2,1H3. The monoisotopic (exact) mass is 379 g/mol. The summed E-state index contributed by atoms with van der Waals surface area (Å²) in [5.74, 6) is 0.0235. The number of amides is 1. The van der Waals surface area contributed by atoms with Crippen molar-refractivity contribution in [2.75, 3.05) is 31.1 Å². The van der Waals surface area contributed by atoms with Crippen LogP contribution >= 0.6 is 11.8 Å². The summed E-state index contributed by atoms with van der Waals surface area (Å²) in [6.07, 6.45) is 1.83. The van der Waals surface area contributed by atoms with E-state index in [9.17, 15) is 9.90 Å². The molecule has 0 atom stereocenters. The van der Waals surface area contributed by atoms with Gasteiger partial charge in [0.1, 0.15) is 5.75 Å². The largest absolute Gasteiger partial charge is 0.508 e. The molecule has 0 aliphatic carbocycles. The molecule has 2 aliphatic heterocycles. The predicted octanol–water partition coefficient (Wildman–Crippen LogP) is 3.49. The molecule has 6 heteroatoms. The van der Waals surface area contributed by atoms with Gasteiger partial charge in [-0.1, -0.05) is 30.3 Å². The third kappa shape index (κ3) is 3.85. The van der Waals surface area contributed by atoms with Crippen LogP contribution in [0.25, 0.3) is 6.08 Å². The molecule has 0 saturated carbocycles. The van der Waals surface area contributed by atoms with Crippen LogP contribution in [0.2, 0.25) is 0 Å². The topological polar surface area (TPSA) is 56.1 Å². The van der Waals surface area contributed by atoms with E-state index in [1.54, 1.807) is 24.3 Å². The third-order valence-electron chi connectivity index (χ3n) is 4.81. The van der Waals surface area contributed by atoms with Gasteiger partial charge in [-0.05, 0) is 54.1 Å². The smallest absolute Gasteiger partial charge is 0.286 e. The van der Waals surface area contributed by atoms with Crippen molar-refractivity contribution in [3.8, 4) is 5.75 Å². The van der Waals surface area contributed by atoms with Gasteiger partial charge in [0, 0.05) is 31.9 Å². The molecule has 2 aromatic rings. The fraction of sp³-hybridized carbons (Fsp3) is 0.238. The molecule has 1 fully saturated rings. The highest BCUT2D eigenvalue weighted by Gasteiger charge is 2.28. The molecule has 1 amide bonds. The van der Waals surface area contributed by atoms with Crippen molar-refractivity contribution in [2.45, 2.75) is 6.92 Å². The number of phenols is 1. The van der Waals surface area contributed by atoms with E-state index in [1.807, 2.05) is 6.08 Å². The van der Waals surface area contributed by atoms with Crippen molar-refractivity contribution >= 4 is 34.6 Å². The maximum absolute atomic E-state index is 12.3. The molecule has 4 rings (SSSR count). The maximum Gasteiger partial charge on any atom is 0.286 e. The first-order valence-corrected chi connectivity index (χ1v) is 9.79. The lowest BCUT2D eigenvalue weighted by Crippen LogP contribution is -2.48. The lowest BCUT2D eigenvalue weighted by Gasteiger charge is -2.37. The summed E-state index contributed by atoms with van der Waals surface area (Å²) in [6, 6.07) is 15.2. The number of aliphatic imine (C=N–C) groups is 1. The number of aryl methyl sites for hydroxylation is 1. The zero-order valence-corrected chi connectivity index (χ0v) is 15.9. The number of phenolic OH excluding ortho intramolecular Hbond substituents is 1. The fourth-order valence-corrected chi connectivity index (χ4v) is 4.28. The van der Waals surface area contributed by atoms with Gasteiger partial charge in [0.05, 0.1) is 4.91 Å². The van der Waals surface area contributed by atoms with E-state index < -0.39 is 0 Å². The first-order valence-electron chi connectivity index (χ1n) is 8.97. The summed E-state index contributed by atoms with van der Waals surface area (Å²) in [5.41, 5.74) is 3.44. The summed E-state index contributed by atoms with van der Waals surface area (Å²) < 4.78 is 0. The molecule has 2 heterocycles. The minimum atomic E-state index is -0.190. The molecule has 27 heavy (non-hydrogen) atoms. The molecular weight excluding hydrogens is 358 g/mol. The highest BCUT2D eigenvalue weighted by molar-refractivity contribution is 8.18. The normalized spacial score (nSPS) is 18.9. The van der Waals surface area contributed by atoms with Gasteiger partial charge >= 0.3 is 0 Å². The Morgan fingerprint density at radius 1 is 1.00 bits per heavy atom. The van der Waals surface area contributed by atoms with Gasteiger partial charge < -0.3 is 14.9 Å². The zero-order chi connectivity index (χ0) is 18.8. The predicted molar refractivity (Wildman–Crippen MR) is 111 cm³/mol. The number of carbonyl (C=O) groups excluding carboxylic acids is 1. The van der Waals surface area contributed by atoms with Crippen LogP contribution in [-0.4, -0.2) is 47.3 Å². The minimum Gasteiger partial charge on any atom is -0.508 e. The Kier molecular flexibility index (Phi) is 4.90. The summed E-state index contributed by atoms with van der Waals surface area (Å²) in [6.45, 7) is 5.66. The first-order chi connectivity index (χ1) is 13.1. The van der Waals surface area contributed by atoms with Crippen LogP contribution in [0.1, 0.15) is 11.1 Å². The summed E-state index contributed by atoms with van der Waals surface area (Å²) >= 11 is 1.43. The first kappa shape index (κ1) is 17.7. The zero-order valence-electron chi connectivity index (χ0n) is 15.1. The molecular formula is C21H21N3O2S. The number of nitrogens with zero attached hydrogens (tertiary/aromatic N) is 3. The Hall–Kier alpha value is -2.73. The second-order valence-electron chi connectivity index (χ2n) is 6.66. The van der Waals surface area contributed by atoms with Crippen LogP contribution in [0.15, 0.2) is 58.4 Å². The fourth-order valence-electron chi connectivity index (χ4n) is 3.31. The molecule has 138 valence electrons. The summed E-state index contributed by atoms with van der Waals surface area (Å²) in [7, 11) is 0. The number of piperazine rings is 1. The number of carbonyl (C=O) groups is 1. The van der Waals surface area contributed by atoms with Crippen molar-refractivity contribution < 1.29 is 9.90 Å². The van der Waals surface area contributed by atoms with Gasteiger partial charge in [0.15, 0.2) is 5.17 Å². The molecule has 2 aliphatic rings. The van der Waals surface area contributed by atoms with Crippen molar-refractivity contribution in [3.63, 3.8) is 0 Å². The number of rotatable bonds is 2. The number of aromatic hydroxyl groups is 1. The van der Waals surface area contributed by atoms with Crippen molar-refractivity contribution in [3.05, 3.63) is 64.6 Å². The molecule has 1 saturated heterocycles. The highest BCUT2D eigenvalue weighted by atomic mass is 32.2. The van der Waals surface area contributed by atoms with Crippen LogP contribution in [0, 0.1) is 6.92 Å². The van der Waals surface area contributed by atoms with Gasteiger partial charge in [-0.3, -0.25) is 4.79 Å². The van der Waals surface area contributed by atoms with E-state index in [2.05, 4.69) is 46.0 Å². The number of amidine groups is 1. The molecule has 0 spiro atoms. The van der Waals surface area contributed by atoms with Crippen LogP contribution < -0.4 is 4.90 Å². The Labute approximate surface area is 163 Å². The van der Waals surface area contributed by atoms with Crippen LogP contribution in [0.3, 0.4) is 0 Å². The van der Waals surface area contributed by atoms with Crippen molar-refractivity contribution in [1.82, 2.24) is 4.90 Å². The van der Waals surface area contributed by atoms with Crippen molar-refractivity contribution in [2.24, 2.45) is 4.99 Å². The Morgan fingerprint density at radius 2 is 1.67 bits per heavy atom. The average molecular weight is 379 g/mol. The van der Waals surface area contributed by atoms with Gasteiger partial charge in [-0.2, -0.15) is 4.99 Å². The average Bonchev–Trinajstić information content (AvgIpc) is 3.05. The molecule has 0 aromatic heterocycles. The Balaban J connectivity index is 1.41. The maximum atomic E-state index is 12.3.